The van der Waals surface area contributed by atoms with Crippen LogP contribution in [0.2, 0.25) is 0 Å². The van der Waals surface area contributed by atoms with Crippen LogP contribution in [-0.4, -0.2) is 74.6 Å². The van der Waals surface area contributed by atoms with E-state index >= 15 is 0 Å². The summed E-state index contributed by atoms with van der Waals surface area (Å²) < 4.78 is 12.6. The summed E-state index contributed by atoms with van der Waals surface area (Å²) in [6.45, 7) is 8.50. The van der Waals surface area contributed by atoms with Gasteiger partial charge in [0.05, 0.1) is 6.61 Å². The fourth-order valence-electron chi connectivity index (χ4n) is 4.74. The summed E-state index contributed by atoms with van der Waals surface area (Å²) in [5, 5.41) is 0. The molecule has 38 heavy (non-hydrogen) atoms. The number of carbonyl (C=O) groups is 1. The number of anilines is 1. The number of benzene rings is 1. The average molecular weight is 526 g/mol. The van der Waals surface area contributed by atoms with Crippen LogP contribution in [-0.2, 0) is 17.9 Å². The number of nitrogen functional groups attached to an aromatic ring is 1. The van der Waals surface area contributed by atoms with Crippen molar-refractivity contribution in [3.8, 4) is 11.8 Å². The molecule has 1 aliphatic heterocycles. The number of aromatic amines is 1. The highest BCUT2D eigenvalue weighted by atomic mass is 16.5. The van der Waals surface area contributed by atoms with Crippen molar-refractivity contribution in [2.75, 3.05) is 39.0 Å². The van der Waals surface area contributed by atoms with E-state index in [9.17, 15) is 9.59 Å². The van der Waals surface area contributed by atoms with E-state index in [0.717, 1.165) is 57.4 Å². The van der Waals surface area contributed by atoms with Crippen LogP contribution >= 0.6 is 0 Å². The number of esters is 1. The second-order valence-electron chi connectivity index (χ2n) is 9.87. The summed E-state index contributed by atoms with van der Waals surface area (Å²) in [6.07, 6.45) is 4.08. The maximum Gasteiger partial charge on any atom is 0.327 e. The lowest BCUT2D eigenvalue weighted by atomic mass is 10.1. The first-order valence-corrected chi connectivity index (χ1v) is 13.5. The van der Waals surface area contributed by atoms with Crippen molar-refractivity contribution < 1.29 is 14.3 Å². The Morgan fingerprint density at radius 2 is 2.00 bits per heavy atom. The quantitative estimate of drug-likeness (QED) is 0.196. The van der Waals surface area contributed by atoms with Gasteiger partial charge in [0.25, 0.3) is 0 Å². The molecule has 3 N–H and O–H groups in total. The third kappa shape index (κ3) is 6.90. The molecule has 1 atom stereocenters. The number of imidazole rings is 1. The number of hydrogen-bond donors (Lipinski definition) is 2. The molecule has 0 spiro atoms. The Bertz CT molecular complexity index is 1270. The predicted molar refractivity (Wildman–Crippen MR) is 146 cm³/mol. The minimum atomic E-state index is -0.254. The van der Waals surface area contributed by atoms with Gasteiger partial charge >= 0.3 is 17.7 Å². The zero-order chi connectivity index (χ0) is 27.1. The number of fused-ring (bicyclic) bond motifs is 1. The summed E-state index contributed by atoms with van der Waals surface area (Å²) in [5.41, 5.74) is 7.90. The highest BCUT2D eigenvalue weighted by molar-refractivity contribution is 5.81. The zero-order valence-corrected chi connectivity index (χ0v) is 22.6. The van der Waals surface area contributed by atoms with E-state index in [2.05, 4.69) is 38.7 Å². The molecule has 4 rings (SSSR count). The van der Waals surface area contributed by atoms with Crippen LogP contribution in [0.15, 0.2) is 29.1 Å². The lowest BCUT2D eigenvalue weighted by Crippen LogP contribution is -2.38. The Kier molecular flexibility index (Phi) is 9.35. The molecule has 0 aliphatic carbocycles. The Hall–Kier alpha value is -3.44. The first-order chi connectivity index (χ1) is 18.4. The van der Waals surface area contributed by atoms with E-state index in [1.807, 2.05) is 24.3 Å². The number of nitrogens with two attached hydrogens (primary N) is 1. The maximum absolute atomic E-state index is 12.7. The van der Waals surface area contributed by atoms with E-state index in [0.29, 0.717) is 42.5 Å². The molecule has 0 bridgehead atoms. The third-order valence-corrected chi connectivity index (χ3v) is 6.90. The molecule has 1 unspecified atom stereocenters. The van der Waals surface area contributed by atoms with Crippen molar-refractivity contribution in [2.24, 2.45) is 0 Å². The van der Waals surface area contributed by atoms with Gasteiger partial charge in [-0.2, -0.15) is 9.97 Å². The normalized spacial score (nSPS) is 15.9. The number of hydrogen-bond acceptors (Lipinski definition) is 9. The van der Waals surface area contributed by atoms with Crippen molar-refractivity contribution in [1.82, 2.24) is 29.3 Å². The van der Waals surface area contributed by atoms with Crippen LogP contribution in [0.3, 0.4) is 0 Å². The van der Waals surface area contributed by atoms with Crippen molar-refractivity contribution >= 4 is 23.0 Å². The molecule has 206 valence electrons. The summed E-state index contributed by atoms with van der Waals surface area (Å²) in [7, 11) is 2.14. The van der Waals surface area contributed by atoms with Gasteiger partial charge in [0.15, 0.2) is 11.5 Å². The molecular formula is C27H39N7O4. The van der Waals surface area contributed by atoms with Crippen LogP contribution < -0.4 is 20.9 Å². The molecule has 1 aromatic carbocycles. The Morgan fingerprint density at radius 3 is 2.68 bits per heavy atom. The number of unbranched alkanes of at least 4 members (excludes halogenated alkanes) is 1. The summed E-state index contributed by atoms with van der Waals surface area (Å²) in [4.78, 5) is 40.6. The molecule has 11 heteroatoms. The minimum absolute atomic E-state index is 0.194. The average Bonchev–Trinajstić information content (AvgIpc) is 3.47. The lowest BCUT2D eigenvalue weighted by Gasteiger charge is -2.29. The first-order valence-electron chi connectivity index (χ1n) is 13.5. The van der Waals surface area contributed by atoms with Crippen LogP contribution in [0.1, 0.15) is 51.5 Å². The van der Waals surface area contributed by atoms with Gasteiger partial charge in [0.1, 0.15) is 11.3 Å². The number of carbonyl (C=O) groups excluding carboxylic acids is 1. The Balaban J connectivity index is 1.45. The van der Waals surface area contributed by atoms with Gasteiger partial charge in [-0.05, 0) is 50.6 Å². The summed E-state index contributed by atoms with van der Waals surface area (Å²) in [6, 6.07) is 8.32. The van der Waals surface area contributed by atoms with Gasteiger partial charge in [-0.25, -0.2) is 4.79 Å². The number of nitrogens with one attached hydrogen (secondary N) is 1. The van der Waals surface area contributed by atoms with Gasteiger partial charge in [-0.15, -0.1) is 0 Å². The second kappa shape index (κ2) is 12.9. The molecule has 0 saturated carbocycles. The van der Waals surface area contributed by atoms with Gasteiger partial charge in [0, 0.05) is 38.6 Å². The van der Waals surface area contributed by atoms with Crippen LogP contribution in [0, 0.1) is 0 Å². The minimum Gasteiger partial charge on any atom is -0.463 e. The Morgan fingerprint density at radius 1 is 1.21 bits per heavy atom. The highest BCUT2D eigenvalue weighted by Crippen LogP contribution is 2.21. The lowest BCUT2D eigenvalue weighted by molar-refractivity contribution is -0.134. The number of H-pyrrole nitrogens is 1. The smallest absolute Gasteiger partial charge is 0.327 e. The molecule has 11 nitrogen and oxygen atoms in total. The molecule has 0 amide bonds. The van der Waals surface area contributed by atoms with Crippen LogP contribution in [0.25, 0.3) is 11.2 Å². The van der Waals surface area contributed by atoms with Crippen molar-refractivity contribution in [3.05, 3.63) is 40.3 Å². The van der Waals surface area contributed by atoms with E-state index in [1.54, 1.807) is 11.5 Å². The largest absolute Gasteiger partial charge is 0.463 e. The number of aromatic nitrogens is 4. The third-order valence-electron chi connectivity index (χ3n) is 6.90. The van der Waals surface area contributed by atoms with Crippen LogP contribution in [0.4, 0.5) is 5.82 Å². The number of likely N-dealkylation sites (tertiary alicyclic amines) is 1. The van der Waals surface area contributed by atoms with Gasteiger partial charge < -0.3 is 25.1 Å². The van der Waals surface area contributed by atoms with E-state index < -0.39 is 0 Å². The van der Waals surface area contributed by atoms with Crippen LogP contribution in [0.5, 0.6) is 11.8 Å². The molecule has 1 aliphatic rings. The number of rotatable bonds is 13. The van der Waals surface area contributed by atoms with E-state index in [1.165, 1.54) is 0 Å². The molecule has 3 heterocycles. The van der Waals surface area contributed by atoms with Crippen molar-refractivity contribution in [2.45, 2.75) is 65.1 Å². The summed E-state index contributed by atoms with van der Waals surface area (Å²) >= 11 is 0. The maximum atomic E-state index is 12.7. The van der Waals surface area contributed by atoms with Crippen molar-refractivity contribution in [1.29, 1.82) is 0 Å². The number of likely N-dealkylation sites (N-methyl/N-ethyl adjacent to an activating group) is 1. The monoisotopic (exact) mass is 525 g/mol. The van der Waals surface area contributed by atoms with E-state index in [4.69, 9.17) is 15.2 Å². The van der Waals surface area contributed by atoms with Gasteiger partial charge in [0.2, 0.25) is 0 Å². The van der Waals surface area contributed by atoms with E-state index in [-0.39, 0.29) is 23.5 Å². The number of nitrogens with zero attached hydrogens (tertiary/aromatic N) is 5. The first kappa shape index (κ1) is 27.6. The number of ether oxygens (including phenoxy) is 2. The fourth-order valence-corrected chi connectivity index (χ4v) is 4.74. The fraction of sp³-hybridized carbons (Fsp3) is 0.556. The highest BCUT2D eigenvalue weighted by Gasteiger charge is 2.26. The van der Waals surface area contributed by atoms with Gasteiger partial charge in [-0.1, -0.05) is 32.4 Å². The topological polar surface area (TPSA) is 132 Å². The van der Waals surface area contributed by atoms with Gasteiger partial charge in [-0.3, -0.25) is 14.3 Å². The standard InChI is InChI=1S/C27H39N7O4/c1-4-6-16-37-26-30-24(28)23-25(31-26)34(27(36)29-23)14-7-13-33(20-12-15-32(3)18-20)17-19-8-10-21(11-9-19)38-22(35)5-2/h8-11,20H,4-7,12-18H2,1-3H3,(H,29,36)(H2,28,30,31). The molecule has 1 fully saturated rings. The Labute approximate surface area is 222 Å². The molecule has 1 saturated heterocycles. The van der Waals surface area contributed by atoms with Crippen molar-refractivity contribution in [3.63, 3.8) is 0 Å². The second-order valence-corrected chi connectivity index (χ2v) is 9.87. The molecule has 2 aromatic heterocycles. The number of aryl methyl sites for hydroxylation is 1. The summed E-state index contributed by atoms with van der Waals surface area (Å²) in [5.74, 6) is 0.527. The molecule has 3 aromatic rings. The zero-order valence-electron chi connectivity index (χ0n) is 22.6. The molecule has 0 radical (unpaired) electrons. The SMILES string of the molecule is CCCCOc1nc(N)c2[nH]c(=O)n(CCCN(Cc3ccc(OC(=O)CC)cc3)C3CCN(C)C3)c2n1. The molecular weight excluding hydrogens is 486 g/mol. The predicted octanol–water partition coefficient (Wildman–Crippen LogP) is 2.79.